The lowest BCUT2D eigenvalue weighted by Gasteiger charge is -2.11. The molecule has 2 aromatic rings. The van der Waals surface area contributed by atoms with Crippen molar-refractivity contribution < 1.29 is 24.2 Å². The van der Waals surface area contributed by atoms with Crippen LogP contribution in [0.4, 0.5) is 0 Å². The third kappa shape index (κ3) is 5.78. The highest BCUT2D eigenvalue weighted by Gasteiger charge is 2.08. The summed E-state index contributed by atoms with van der Waals surface area (Å²) in [7, 11) is 0. The molecule has 0 saturated carbocycles. The Morgan fingerprint density at radius 1 is 1.19 bits per heavy atom. The van der Waals surface area contributed by atoms with Crippen molar-refractivity contribution in [1.29, 1.82) is 0 Å². The molecule has 0 aromatic heterocycles. The highest BCUT2D eigenvalue weighted by Crippen LogP contribution is 2.28. The summed E-state index contributed by atoms with van der Waals surface area (Å²) in [6, 6.07) is 11.4. The molecule has 2 N–H and O–H groups in total. The van der Waals surface area contributed by atoms with Gasteiger partial charge in [-0.25, -0.2) is 10.2 Å². The number of carbonyl (C=O) groups excluding carboxylic acids is 1. The molecule has 7 nitrogen and oxygen atoms in total. The van der Waals surface area contributed by atoms with Crippen LogP contribution in [0.5, 0.6) is 11.5 Å². The highest BCUT2D eigenvalue weighted by molar-refractivity contribution is 6.30. The van der Waals surface area contributed by atoms with Gasteiger partial charge in [-0.2, -0.15) is 5.10 Å². The third-order valence-electron chi connectivity index (χ3n) is 3.09. The van der Waals surface area contributed by atoms with Gasteiger partial charge in [-0.3, -0.25) is 4.79 Å². The molecule has 8 heteroatoms. The molecule has 1 amide bonds. The van der Waals surface area contributed by atoms with Gasteiger partial charge in [0.2, 0.25) is 0 Å². The number of rotatable bonds is 8. The Bertz CT molecular complexity index is 823. The van der Waals surface area contributed by atoms with E-state index in [4.69, 9.17) is 26.2 Å². The minimum absolute atomic E-state index is 0.314. The van der Waals surface area contributed by atoms with E-state index in [1.807, 2.05) is 0 Å². The van der Waals surface area contributed by atoms with E-state index in [0.717, 1.165) is 0 Å². The van der Waals surface area contributed by atoms with Crippen molar-refractivity contribution in [2.24, 2.45) is 5.10 Å². The molecule has 0 radical (unpaired) electrons. The summed E-state index contributed by atoms with van der Waals surface area (Å²) in [5.41, 5.74) is 3.43. The Morgan fingerprint density at radius 2 is 2.00 bits per heavy atom. The number of halogens is 1. The van der Waals surface area contributed by atoms with Crippen LogP contribution in [-0.2, 0) is 4.79 Å². The van der Waals surface area contributed by atoms with Gasteiger partial charge in [0.1, 0.15) is 0 Å². The lowest BCUT2D eigenvalue weighted by Crippen LogP contribution is -2.17. The number of carboxylic acids is 1. The molecule has 0 aliphatic carbocycles. The Kier molecular flexibility index (Phi) is 6.99. The third-order valence-corrected chi connectivity index (χ3v) is 3.32. The molecule has 0 aliphatic heterocycles. The van der Waals surface area contributed by atoms with Gasteiger partial charge in [0, 0.05) is 10.6 Å². The van der Waals surface area contributed by atoms with Crippen molar-refractivity contribution in [3.63, 3.8) is 0 Å². The first-order valence-corrected chi connectivity index (χ1v) is 8.07. The number of hydrazone groups is 1. The molecule has 0 aliphatic rings. The van der Waals surface area contributed by atoms with Crippen LogP contribution in [-0.4, -0.2) is 36.4 Å². The molecule has 0 saturated heterocycles. The second kappa shape index (κ2) is 9.43. The van der Waals surface area contributed by atoms with Crippen LogP contribution in [0.3, 0.4) is 0 Å². The zero-order chi connectivity index (χ0) is 18.9. The monoisotopic (exact) mass is 376 g/mol. The van der Waals surface area contributed by atoms with E-state index in [2.05, 4.69) is 10.5 Å². The van der Waals surface area contributed by atoms with Gasteiger partial charge in [-0.05, 0) is 48.9 Å². The van der Waals surface area contributed by atoms with Crippen molar-refractivity contribution in [2.75, 3.05) is 13.2 Å². The number of carboxylic acid groups (broad SMARTS) is 1. The van der Waals surface area contributed by atoms with Gasteiger partial charge in [-0.1, -0.05) is 17.7 Å². The predicted molar refractivity (Wildman–Crippen MR) is 97.3 cm³/mol. The summed E-state index contributed by atoms with van der Waals surface area (Å²) in [6.45, 7) is 1.71. The zero-order valence-corrected chi connectivity index (χ0v) is 14.7. The van der Waals surface area contributed by atoms with E-state index in [1.54, 1.807) is 43.3 Å². The molecule has 0 fully saturated rings. The maximum atomic E-state index is 12.0. The van der Waals surface area contributed by atoms with E-state index in [1.165, 1.54) is 12.3 Å². The molecule has 0 spiro atoms. The molecule has 2 rings (SSSR count). The number of ether oxygens (including phenoxy) is 2. The second-order valence-electron chi connectivity index (χ2n) is 5.03. The summed E-state index contributed by atoms with van der Waals surface area (Å²) < 4.78 is 10.6. The van der Waals surface area contributed by atoms with Crippen LogP contribution >= 0.6 is 11.6 Å². The van der Waals surface area contributed by atoms with Crippen LogP contribution in [0.1, 0.15) is 22.8 Å². The van der Waals surface area contributed by atoms with Crippen LogP contribution in [0, 0.1) is 0 Å². The largest absolute Gasteiger partial charge is 0.490 e. The molecular formula is C18H17ClN2O5. The van der Waals surface area contributed by atoms with Crippen molar-refractivity contribution in [3.8, 4) is 11.5 Å². The SMILES string of the molecule is CCOc1cc(/C=N\NC(=O)c2cccc(Cl)c2)ccc1OCC(=O)O. The number of aliphatic carboxylic acids is 1. The fourth-order valence-corrected chi connectivity index (χ4v) is 2.18. The van der Waals surface area contributed by atoms with Gasteiger partial charge in [0.15, 0.2) is 18.1 Å². The standard InChI is InChI=1S/C18H17ClN2O5/c1-2-25-16-8-12(6-7-15(16)26-11-17(22)23)10-20-21-18(24)13-4-3-5-14(19)9-13/h3-10H,2,11H2,1H3,(H,21,24)(H,22,23)/b20-10-. The second-order valence-corrected chi connectivity index (χ2v) is 5.47. The maximum Gasteiger partial charge on any atom is 0.341 e. The Balaban J connectivity index is 2.05. The van der Waals surface area contributed by atoms with Crippen LogP contribution < -0.4 is 14.9 Å². The predicted octanol–water partition coefficient (Wildman–Crippen LogP) is 2.97. The molecule has 0 unspecified atom stereocenters. The van der Waals surface area contributed by atoms with E-state index in [-0.39, 0.29) is 0 Å². The topological polar surface area (TPSA) is 97.2 Å². The van der Waals surface area contributed by atoms with Crippen molar-refractivity contribution in [2.45, 2.75) is 6.92 Å². The minimum atomic E-state index is -1.08. The summed E-state index contributed by atoms with van der Waals surface area (Å²) in [5, 5.41) is 13.0. The minimum Gasteiger partial charge on any atom is -0.490 e. The number of carbonyl (C=O) groups is 2. The van der Waals surface area contributed by atoms with E-state index in [0.29, 0.717) is 34.3 Å². The van der Waals surface area contributed by atoms with Gasteiger partial charge < -0.3 is 14.6 Å². The summed E-state index contributed by atoms with van der Waals surface area (Å²) in [4.78, 5) is 22.6. The van der Waals surface area contributed by atoms with Crippen molar-refractivity contribution >= 4 is 29.7 Å². The number of nitrogens with zero attached hydrogens (tertiary/aromatic N) is 1. The summed E-state index contributed by atoms with van der Waals surface area (Å²) in [6.07, 6.45) is 1.44. The van der Waals surface area contributed by atoms with Gasteiger partial charge in [0.25, 0.3) is 5.91 Å². The summed E-state index contributed by atoms with van der Waals surface area (Å²) >= 11 is 5.85. The Hall–Kier alpha value is -3.06. The normalized spacial score (nSPS) is 10.5. The fraction of sp³-hybridized carbons (Fsp3) is 0.167. The van der Waals surface area contributed by atoms with E-state index >= 15 is 0 Å². The summed E-state index contributed by atoms with van der Waals surface area (Å²) in [5.74, 6) is -0.773. The Labute approximate surface area is 155 Å². The molecular weight excluding hydrogens is 360 g/mol. The van der Waals surface area contributed by atoms with Crippen molar-refractivity contribution in [1.82, 2.24) is 5.43 Å². The highest BCUT2D eigenvalue weighted by atomic mass is 35.5. The van der Waals surface area contributed by atoms with E-state index in [9.17, 15) is 9.59 Å². The Morgan fingerprint density at radius 3 is 2.69 bits per heavy atom. The molecule has 26 heavy (non-hydrogen) atoms. The first kappa shape index (κ1) is 19.3. The maximum absolute atomic E-state index is 12.0. The number of benzene rings is 2. The van der Waals surface area contributed by atoms with E-state index < -0.39 is 18.5 Å². The fourth-order valence-electron chi connectivity index (χ4n) is 1.99. The number of hydrogen-bond acceptors (Lipinski definition) is 5. The molecule has 0 atom stereocenters. The van der Waals surface area contributed by atoms with Gasteiger partial charge in [0.05, 0.1) is 12.8 Å². The number of hydrogen-bond donors (Lipinski definition) is 2. The average Bonchev–Trinajstić information content (AvgIpc) is 2.61. The van der Waals surface area contributed by atoms with Gasteiger partial charge in [-0.15, -0.1) is 0 Å². The lowest BCUT2D eigenvalue weighted by atomic mass is 10.2. The van der Waals surface area contributed by atoms with Crippen LogP contribution in [0.2, 0.25) is 5.02 Å². The average molecular weight is 377 g/mol. The number of nitrogens with one attached hydrogen (secondary N) is 1. The van der Waals surface area contributed by atoms with Crippen LogP contribution in [0.25, 0.3) is 0 Å². The van der Waals surface area contributed by atoms with Crippen molar-refractivity contribution in [3.05, 3.63) is 58.6 Å². The first-order chi connectivity index (χ1) is 12.5. The van der Waals surface area contributed by atoms with Gasteiger partial charge >= 0.3 is 5.97 Å². The molecule has 136 valence electrons. The molecule has 0 heterocycles. The lowest BCUT2D eigenvalue weighted by molar-refractivity contribution is -0.139. The number of amides is 1. The zero-order valence-electron chi connectivity index (χ0n) is 13.9. The first-order valence-electron chi connectivity index (χ1n) is 7.70. The smallest absolute Gasteiger partial charge is 0.341 e. The quantitative estimate of drug-likeness (QED) is 0.545. The van der Waals surface area contributed by atoms with Crippen LogP contribution in [0.15, 0.2) is 47.6 Å². The molecule has 0 bridgehead atoms. The molecule has 2 aromatic carbocycles.